The van der Waals surface area contributed by atoms with Crippen LogP contribution in [0.5, 0.6) is 0 Å². The predicted molar refractivity (Wildman–Crippen MR) is 125 cm³/mol. The smallest absolute Gasteiger partial charge is 0.246 e. The Labute approximate surface area is 183 Å². The zero-order valence-electron chi connectivity index (χ0n) is 18.4. The van der Waals surface area contributed by atoms with Crippen LogP contribution in [0.2, 0.25) is 0 Å². The van der Waals surface area contributed by atoms with Crippen molar-refractivity contribution in [1.82, 2.24) is 20.0 Å². The summed E-state index contributed by atoms with van der Waals surface area (Å²) in [5.41, 5.74) is 4.32. The van der Waals surface area contributed by atoms with Crippen LogP contribution in [-0.2, 0) is 24.4 Å². The number of guanidine groups is 1. The van der Waals surface area contributed by atoms with Gasteiger partial charge in [-0.2, -0.15) is 5.10 Å². The first-order valence-electron chi connectivity index (χ1n) is 10.5. The SMILES string of the molecule is CCNC(=NCc1cccc(NC(=O)Cn2cccn2)c1)N(C)Cc1ccccc1C. The molecule has 0 aliphatic carbocycles. The molecule has 0 bridgehead atoms. The Balaban J connectivity index is 1.64. The fraction of sp³-hybridized carbons (Fsp3) is 0.292. The van der Waals surface area contributed by atoms with Crippen molar-refractivity contribution in [1.29, 1.82) is 0 Å². The fourth-order valence-corrected chi connectivity index (χ4v) is 3.24. The van der Waals surface area contributed by atoms with Gasteiger partial charge in [-0.1, -0.05) is 36.4 Å². The molecule has 7 heteroatoms. The first-order chi connectivity index (χ1) is 15.0. The van der Waals surface area contributed by atoms with Crippen molar-refractivity contribution >= 4 is 17.6 Å². The minimum absolute atomic E-state index is 0.115. The maximum Gasteiger partial charge on any atom is 0.246 e. The topological polar surface area (TPSA) is 74.5 Å². The van der Waals surface area contributed by atoms with Crippen LogP contribution >= 0.6 is 0 Å². The maximum absolute atomic E-state index is 12.2. The molecular formula is C24H30N6O. The molecule has 0 saturated carbocycles. The molecule has 1 heterocycles. The number of aryl methyl sites for hydroxylation is 1. The van der Waals surface area contributed by atoms with Crippen LogP contribution in [0.4, 0.5) is 5.69 Å². The highest BCUT2D eigenvalue weighted by Gasteiger charge is 2.09. The molecule has 0 unspecified atom stereocenters. The summed E-state index contributed by atoms with van der Waals surface area (Å²) in [6.07, 6.45) is 3.42. The van der Waals surface area contributed by atoms with E-state index in [1.54, 1.807) is 23.1 Å². The van der Waals surface area contributed by atoms with Gasteiger partial charge in [0.2, 0.25) is 5.91 Å². The van der Waals surface area contributed by atoms with E-state index in [1.165, 1.54) is 11.1 Å². The number of anilines is 1. The lowest BCUT2D eigenvalue weighted by Gasteiger charge is -2.23. The second-order valence-corrected chi connectivity index (χ2v) is 7.40. The Bertz CT molecular complexity index is 1010. The van der Waals surface area contributed by atoms with Gasteiger partial charge in [-0.3, -0.25) is 9.48 Å². The first-order valence-corrected chi connectivity index (χ1v) is 10.5. The first kappa shape index (κ1) is 22.1. The second-order valence-electron chi connectivity index (χ2n) is 7.40. The Morgan fingerprint density at radius 2 is 2.00 bits per heavy atom. The summed E-state index contributed by atoms with van der Waals surface area (Å²) in [5.74, 6) is 0.731. The van der Waals surface area contributed by atoms with Crippen LogP contribution < -0.4 is 10.6 Å². The average Bonchev–Trinajstić information content (AvgIpc) is 3.26. The molecule has 0 saturated heterocycles. The average molecular weight is 419 g/mol. The van der Waals surface area contributed by atoms with Gasteiger partial charge in [0.05, 0.1) is 6.54 Å². The number of aromatic nitrogens is 2. The molecule has 3 aromatic rings. The number of hydrogen-bond donors (Lipinski definition) is 2. The van der Waals surface area contributed by atoms with Crippen molar-refractivity contribution < 1.29 is 4.79 Å². The summed E-state index contributed by atoms with van der Waals surface area (Å²) in [7, 11) is 2.04. The van der Waals surface area contributed by atoms with Gasteiger partial charge in [0, 0.05) is 38.2 Å². The van der Waals surface area contributed by atoms with E-state index in [2.05, 4.69) is 58.7 Å². The predicted octanol–water partition coefficient (Wildman–Crippen LogP) is 3.43. The summed E-state index contributed by atoms with van der Waals surface area (Å²) in [6, 6.07) is 18.0. The Kier molecular flexibility index (Phi) is 7.81. The molecule has 0 atom stereocenters. The molecule has 3 rings (SSSR count). The van der Waals surface area contributed by atoms with E-state index in [9.17, 15) is 4.79 Å². The van der Waals surface area contributed by atoms with Crippen LogP contribution in [0.25, 0.3) is 0 Å². The van der Waals surface area contributed by atoms with E-state index >= 15 is 0 Å². The number of rotatable bonds is 8. The van der Waals surface area contributed by atoms with Gasteiger partial charge < -0.3 is 15.5 Å². The number of nitrogens with zero attached hydrogens (tertiary/aromatic N) is 4. The lowest BCUT2D eigenvalue weighted by Crippen LogP contribution is -2.38. The summed E-state index contributed by atoms with van der Waals surface area (Å²) in [5, 5.41) is 10.3. The van der Waals surface area contributed by atoms with Crippen molar-refractivity contribution in [2.75, 3.05) is 18.9 Å². The summed E-state index contributed by atoms with van der Waals surface area (Å²) in [6.45, 7) is 6.46. The molecule has 162 valence electrons. The van der Waals surface area contributed by atoms with Crippen LogP contribution in [-0.4, -0.2) is 40.1 Å². The summed E-state index contributed by atoms with van der Waals surface area (Å²) >= 11 is 0. The van der Waals surface area contributed by atoms with Crippen LogP contribution in [0, 0.1) is 6.92 Å². The highest BCUT2D eigenvalue weighted by molar-refractivity contribution is 5.90. The molecular weight excluding hydrogens is 388 g/mol. The van der Waals surface area contributed by atoms with Gasteiger partial charge in [0.1, 0.15) is 6.54 Å². The Hall–Kier alpha value is -3.61. The third-order valence-corrected chi connectivity index (χ3v) is 4.85. The quantitative estimate of drug-likeness (QED) is 0.434. The lowest BCUT2D eigenvalue weighted by atomic mass is 10.1. The monoisotopic (exact) mass is 418 g/mol. The summed E-state index contributed by atoms with van der Waals surface area (Å²) < 4.78 is 1.59. The molecule has 7 nitrogen and oxygen atoms in total. The second kappa shape index (κ2) is 11.0. The van der Waals surface area contributed by atoms with Crippen molar-refractivity contribution in [2.24, 2.45) is 4.99 Å². The fourth-order valence-electron chi connectivity index (χ4n) is 3.24. The molecule has 0 aliphatic rings. The van der Waals surface area contributed by atoms with E-state index in [0.29, 0.717) is 6.54 Å². The zero-order valence-corrected chi connectivity index (χ0v) is 18.4. The molecule has 2 N–H and O–H groups in total. The number of carbonyl (C=O) groups excluding carboxylic acids is 1. The van der Waals surface area contributed by atoms with Crippen LogP contribution in [0.15, 0.2) is 72.0 Å². The van der Waals surface area contributed by atoms with E-state index in [-0.39, 0.29) is 12.5 Å². The van der Waals surface area contributed by atoms with Gasteiger partial charge in [-0.15, -0.1) is 0 Å². The van der Waals surface area contributed by atoms with Crippen molar-refractivity contribution in [3.63, 3.8) is 0 Å². The highest BCUT2D eigenvalue weighted by Crippen LogP contribution is 2.13. The van der Waals surface area contributed by atoms with E-state index in [1.807, 2.05) is 31.3 Å². The largest absolute Gasteiger partial charge is 0.357 e. The Morgan fingerprint density at radius 3 is 2.74 bits per heavy atom. The highest BCUT2D eigenvalue weighted by atomic mass is 16.2. The molecule has 2 aromatic carbocycles. The Morgan fingerprint density at radius 1 is 1.16 bits per heavy atom. The molecule has 31 heavy (non-hydrogen) atoms. The van der Waals surface area contributed by atoms with E-state index in [0.717, 1.165) is 30.3 Å². The normalized spacial score (nSPS) is 11.3. The summed E-state index contributed by atoms with van der Waals surface area (Å²) in [4.78, 5) is 19.1. The number of carbonyl (C=O) groups is 1. The molecule has 1 aromatic heterocycles. The van der Waals surface area contributed by atoms with E-state index < -0.39 is 0 Å². The maximum atomic E-state index is 12.2. The lowest BCUT2D eigenvalue weighted by molar-refractivity contribution is -0.116. The molecule has 1 amide bonds. The van der Waals surface area contributed by atoms with Gasteiger partial charge in [0.15, 0.2) is 5.96 Å². The van der Waals surface area contributed by atoms with Gasteiger partial charge >= 0.3 is 0 Å². The number of benzene rings is 2. The number of amides is 1. The van der Waals surface area contributed by atoms with Crippen molar-refractivity contribution in [3.8, 4) is 0 Å². The molecule has 0 aliphatic heterocycles. The molecule has 0 fully saturated rings. The zero-order chi connectivity index (χ0) is 22.1. The van der Waals surface area contributed by atoms with Gasteiger partial charge in [0.25, 0.3) is 0 Å². The number of nitrogens with one attached hydrogen (secondary N) is 2. The van der Waals surface area contributed by atoms with Crippen LogP contribution in [0.1, 0.15) is 23.6 Å². The van der Waals surface area contributed by atoms with Gasteiger partial charge in [-0.25, -0.2) is 4.99 Å². The van der Waals surface area contributed by atoms with E-state index in [4.69, 9.17) is 4.99 Å². The number of aliphatic imine (C=N–C) groups is 1. The minimum atomic E-state index is -0.115. The van der Waals surface area contributed by atoms with Gasteiger partial charge in [-0.05, 0) is 48.7 Å². The van der Waals surface area contributed by atoms with Crippen LogP contribution in [0.3, 0.4) is 0 Å². The molecule has 0 spiro atoms. The minimum Gasteiger partial charge on any atom is -0.357 e. The number of hydrogen-bond acceptors (Lipinski definition) is 3. The standard InChI is InChI=1S/C24H30N6O/c1-4-25-24(29(3)17-21-11-6-5-9-19(21)2)26-16-20-10-7-12-22(15-20)28-23(31)18-30-14-8-13-27-30/h5-15H,4,16-18H2,1-3H3,(H,25,26)(H,28,31). The van der Waals surface area contributed by atoms with Crippen molar-refractivity contribution in [3.05, 3.63) is 83.7 Å². The molecule has 0 radical (unpaired) electrons. The van der Waals surface area contributed by atoms with Crippen molar-refractivity contribution in [2.45, 2.75) is 33.5 Å². The third-order valence-electron chi connectivity index (χ3n) is 4.85. The third kappa shape index (κ3) is 6.70.